The second kappa shape index (κ2) is 6.43. The first-order valence-corrected chi connectivity index (χ1v) is 6.36. The Morgan fingerprint density at radius 3 is 2.55 bits per heavy atom. The highest BCUT2D eigenvalue weighted by Crippen LogP contribution is 2.23. The summed E-state index contributed by atoms with van der Waals surface area (Å²) < 4.78 is 31.4. The molecule has 20 heavy (non-hydrogen) atoms. The lowest BCUT2D eigenvalue weighted by molar-refractivity contribution is 0.459. The van der Waals surface area contributed by atoms with E-state index in [0.29, 0.717) is 18.3 Å². The third-order valence-electron chi connectivity index (χ3n) is 2.61. The molecule has 1 N–H and O–H groups in total. The number of ether oxygens (including phenoxy) is 1. The quantitative estimate of drug-likeness (QED) is 0.906. The molecule has 0 amide bonds. The van der Waals surface area contributed by atoms with Gasteiger partial charge in [-0.2, -0.15) is 0 Å². The Morgan fingerprint density at radius 2 is 1.85 bits per heavy atom. The van der Waals surface area contributed by atoms with Crippen molar-refractivity contribution in [1.29, 1.82) is 0 Å². The van der Waals surface area contributed by atoms with Gasteiger partial charge in [0.25, 0.3) is 0 Å². The Kier molecular flexibility index (Phi) is 4.63. The van der Waals surface area contributed by atoms with Crippen LogP contribution < -0.4 is 10.1 Å². The highest BCUT2D eigenvalue weighted by atomic mass is 19.2. The monoisotopic (exact) mass is 278 g/mol. The Labute approximate surface area is 116 Å². The third-order valence-corrected chi connectivity index (χ3v) is 2.61. The molecular weight excluding hydrogens is 262 g/mol. The van der Waals surface area contributed by atoms with Crippen LogP contribution in [0.3, 0.4) is 0 Å². The van der Waals surface area contributed by atoms with Crippen molar-refractivity contribution in [3.05, 3.63) is 53.9 Å². The second-order valence-corrected chi connectivity index (χ2v) is 4.70. The van der Waals surface area contributed by atoms with Gasteiger partial charge in [0.2, 0.25) is 0 Å². The summed E-state index contributed by atoms with van der Waals surface area (Å²) in [6.45, 7) is 4.70. The van der Waals surface area contributed by atoms with Crippen LogP contribution in [0.5, 0.6) is 11.5 Å². The number of benzene rings is 1. The highest BCUT2D eigenvalue weighted by molar-refractivity contribution is 5.31. The van der Waals surface area contributed by atoms with Crippen LogP contribution in [0.1, 0.15) is 19.5 Å². The molecule has 2 rings (SSSR count). The van der Waals surface area contributed by atoms with Crippen LogP contribution in [-0.2, 0) is 6.54 Å². The van der Waals surface area contributed by atoms with Crippen molar-refractivity contribution in [2.24, 2.45) is 0 Å². The average molecular weight is 278 g/mol. The zero-order valence-electron chi connectivity index (χ0n) is 11.4. The zero-order chi connectivity index (χ0) is 14.5. The number of aromatic nitrogens is 1. The molecule has 0 atom stereocenters. The maximum atomic E-state index is 13.1. The predicted octanol–water partition coefficient (Wildman–Crippen LogP) is 3.65. The maximum Gasteiger partial charge on any atom is 0.162 e. The second-order valence-electron chi connectivity index (χ2n) is 4.70. The van der Waals surface area contributed by atoms with Crippen molar-refractivity contribution >= 4 is 0 Å². The fraction of sp³-hybridized carbons (Fsp3) is 0.267. The molecule has 0 bridgehead atoms. The first-order chi connectivity index (χ1) is 9.54. The van der Waals surface area contributed by atoms with Crippen LogP contribution >= 0.6 is 0 Å². The van der Waals surface area contributed by atoms with E-state index in [1.807, 2.05) is 13.8 Å². The van der Waals surface area contributed by atoms with Crippen LogP contribution in [-0.4, -0.2) is 11.0 Å². The molecule has 0 aliphatic rings. The van der Waals surface area contributed by atoms with Gasteiger partial charge in [0.05, 0.1) is 5.69 Å². The van der Waals surface area contributed by atoms with E-state index < -0.39 is 11.6 Å². The standard InChI is InChI=1S/C15H16F2N2O/c1-10(2)19-9-11-7-13(5-6-18-11)20-12-3-4-14(16)15(17)8-12/h3-8,10,19H,9H2,1-2H3. The average Bonchev–Trinajstić information content (AvgIpc) is 2.41. The molecule has 0 saturated carbocycles. The summed E-state index contributed by atoms with van der Waals surface area (Å²) in [5, 5.41) is 3.24. The predicted molar refractivity (Wildman–Crippen MR) is 72.6 cm³/mol. The molecule has 5 heteroatoms. The van der Waals surface area contributed by atoms with Crippen molar-refractivity contribution in [3.63, 3.8) is 0 Å². The summed E-state index contributed by atoms with van der Waals surface area (Å²) in [4.78, 5) is 4.21. The van der Waals surface area contributed by atoms with E-state index in [1.54, 1.807) is 18.3 Å². The molecule has 0 aliphatic heterocycles. The molecule has 106 valence electrons. The molecule has 0 fully saturated rings. The number of halogens is 2. The van der Waals surface area contributed by atoms with Gasteiger partial charge < -0.3 is 10.1 Å². The number of nitrogens with zero attached hydrogens (tertiary/aromatic N) is 1. The summed E-state index contributed by atoms with van der Waals surface area (Å²) in [5.74, 6) is -1.04. The number of pyridine rings is 1. The number of rotatable bonds is 5. The highest BCUT2D eigenvalue weighted by Gasteiger charge is 2.05. The van der Waals surface area contributed by atoms with Crippen molar-refractivity contribution in [3.8, 4) is 11.5 Å². The van der Waals surface area contributed by atoms with Gasteiger partial charge in [0, 0.05) is 30.9 Å². The van der Waals surface area contributed by atoms with E-state index in [-0.39, 0.29) is 5.75 Å². The van der Waals surface area contributed by atoms with E-state index in [1.165, 1.54) is 6.07 Å². The van der Waals surface area contributed by atoms with E-state index in [4.69, 9.17) is 4.74 Å². The molecule has 1 aromatic carbocycles. The minimum atomic E-state index is -0.932. The minimum Gasteiger partial charge on any atom is -0.457 e. The summed E-state index contributed by atoms with van der Waals surface area (Å²) in [7, 11) is 0. The normalized spacial score (nSPS) is 10.8. The van der Waals surface area contributed by atoms with Crippen LogP contribution in [0.25, 0.3) is 0 Å². The molecular formula is C15H16F2N2O. The molecule has 1 heterocycles. The van der Waals surface area contributed by atoms with Crippen molar-refractivity contribution in [1.82, 2.24) is 10.3 Å². The molecule has 0 spiro atoms. The van der Waals surface area contributed by atoms with Gasteiger partial charge in [0.15, 0.2) is 11.6 Å². The number of hydrogen-bond donors (Lipinski definition) is 1. The van der Waals surface area contributed by atoms with E-state index in [0.717, 1.165) is 17.8 Å². The summed E-state index contributed by atoms with van der Waals surface area (Å²) in [5.41, 5.74) is 0.818. The van der Waals surface area contributed by atoms with Crippen LogP contribution in [0.15, 0.2) is 36.5 Å². The van der Waals surface area contributed by atoms with Crippen LogP contribution in [0.4, 0.5) is 8.78 Å². The Morgan fingerprint density at radius 1 is 1.10 bits per heavy atom. The number of nitrogens with one attached hydrogen (secondary N) is 1. The molecule has 2 aromatic rings. The minimum absolute atomic E-state index is 0.248. The Balaban J connectivity index is 2.08. The van der Waals surface area contributed by atoms with Gasteiger partial charge in [-0.3, -0.25) is 4.98 Å². The van der Waals surface area contributed by atoms with Crippen molar-refractivity contribution in [2.75, 3.05) is 0 Å². The SMILES string of the molecule is CC(C)NCc1cc(Oc2ccc(F)c(F)c2)ccn1. The van der Waals surface area contributed by atoms with Crippen LogP contribution in [0, 0.1) is 11.6 Å². The molecule has 1 aromatic heterocycles. The molecule has 0 radical (unpaired) electrons. The smallest absolute Gasteiger partial charge is 0.162 e. The van der Waals surface area contributed by atoms with E-state index in [2.05, 4.69) is 10.3 Å². The van der Waals surface area contributed by atoms with Gasteiger partial charge in [-0.05, 0) is 18.2 Å². The van der Waals surface area contributed by atoms with Gasteiger partial charge in [-0.1, -0.05) is 13.8 Å². The molecule has 0 saturated heterocycles. The van der Waals surface area contributed by atoms with E-state index >= 15 is 0 Å². The summed E-state index contributed by atoms with van der Waals surface area (Å²) in [6.07, 6.45) is 1.62. The van der Waals surface area contributed by atoms with Gasteiger partial charge in [0.1, 0.15) is 11.5 Å². The summed E-state index contributed by atoms with van der Waals surface area (Å²) >= 11 is 0. The van der Waals surface area contributed by atoms with Crippen molar-refractivity contribution in [2.45, 2.75) is 26.4 Å². The Bertz CT molecular complexity index is 588. The number of hydrogen-bond acceptors (Lipinski definition) is 3. The first kappa shape index (κ1) is 14.4. The lowest BCUT2D eigenvalue weighted by Gasteiger charge is -2.09. The molecule has 3 nitrogen and oxygen atoms in total. The summed E-state index contributed by atoms with van der Waals surface area (Å²) in [6, 6.07) is 7.21. The maximum absolute atomic E-state index is 13.1. The Hall–Kier alpha value is -2.01. The molecule has 0 aliphatic carbocycles. The first-order valence-electron chi connectivity index (χ1n) is 6.36. The van der Waals surface area contributed by atoms with Gasteiger partial charge in [-0.15, -0.1) is 0 Å². The van der Waals surface area contributed by atoms with Gasteiger partial charge >= 0.3 is 0 Å². The fourth-order valence-electron chi connectivity index (χ4n) is 1.60. The van der Waals surface area contributed by atoms with E-state index in [9.17, 15) is 8.78 Å². The zero-order valence-corrected chi connectivity index (χ0v) is 11.4. The topological polar surface area (TPSA) is 34.1 Å². The van der Waals surface area contributed by atoms with Crippen LogP contribution in [0.2, 0.25) is 0 Å². The lowest BCUT2D eigenvalue weighted by Crippen LogP contribution is -2.22. The lowest BCUT2D eigenvalue weighted by atomic mass is 10.3. The fourth-order valence-corrected chi connectivity index (χ4v) is 1.60. The molecule has 0 unspecified atom stereocenters. The van der Waals surface area contributed by atoms with Crippen molar-refractivity contribution < 1.29 is 13.5 Å². The third kappa shape index (κ3) is 3.99. The largest absolute Gasteiger partial charge is 0.457 e. The van der Waals surface area contributed by atoms with Gasteiger partial charge in [-0.25, -0.2) is 8.78 Å².